The van der Waals surface area contributed by atoms with Crippen LogP contribution in [-0.2, 0) is 12.5 Å². The molecule has 3 aromatic rings. The zero-order valence-electron chi connectivity index (χ0n) is 15.1. The molecule has 0 saturated heterocycles. The van der Waals surface area contributed by atoms with E-state index in [-0.39, 0.29) is 17.1 Å². The largest absolute Gasteiger partial charge is 0.321 e. The standard InChI is InChI=1S/C20H19N3O2S/c1-20(2,3)18-15-16(23(4)22-18)12-8-7-11(10-13(12)17(15)24)21-19(25)14-6-5-9-26-14/h5-10H,1-4H3,(H,21,25). The molecule has 0 unspecified atom stereocenters. The van der Waals surface area contributed by atoms with E-state index in [4.69, 9.17) is 0 Å². The maximum atomic E-state index is 13.1. The van der Waals surface area contributed by atoms with Gasteiger partial charge in [0.25, 0.3) is 5.91 Å². The van der Waals surface area contributed by atoms with E-state index >= 15 is 0 Å². The Labute approximate surface area is 155 Å². The van der Waals surface area contributed by atoms with Crippen molar-refractivity contribution in [2.75, 3.05) is 5.32 Å². The molecule has 1 aromatic carbocycles. The van der Waals surface area contributed by atoms with Gasteiger partial charge >= 0.3 is 0 Å². The highest BCUT2D eigenvalue weighted by Gasteiger charge is 2.37. The summed E-state index contributed by atoms with van der Waals surface area (Å²) in [5.41, 5.74) is 4.21. The van der Waals surface area contributed by atoms with Crippen LogP contribution in [0, 0.1) is 0 Å². The molecule has 2 aromatic heterocycles. The van der Waals surface area contributed by atoms with Crippen molar-refractivity contribution < 1.29 is 9.59 Å². The van der Waals surface area contributed by atoms with Crippen LogP contribution in [0.15, 0.2) is 35.7 Å². The van der Waals surface area contributed by atoms with Gasteiger partial charge in [-0.3, -0.25) is 14.3 Å². The minimum absolute atomic E-state index is 0.0275. The second-order valence-electron chi connectivity index (χ2n) is 7.47. The first-order chi connectivity index (χ1) is 12.3. The number of fused-ring (bicyclic) bond motifs is 3. The predicted molar refractivity (Wildman–Crippen MR) is 103 cm³/mol. The number of aryl methyl sites for hydroxylation is 1. The second kappa shape index (κ2) is 5.64. The van der Waals surface area contributed by atoms with Crippen molar-refractivity contribution in [2.24, 2.45) is 7.05 Å². The Kier molecular flexibility index (Phi) is 3.63. The lowest BCUT2D eigenvalue weighted by molar-refractivity contribution is 0.102. The first kappa shape index (κ1) is 16.7. The molecule has 1 aliphatic rings. The molecule has 0 saturated carbocycles. The van der Waals surface area contributed by atoms with E-state index in [9.17, 15) is 9.59 Å². The molecule has 1 amide bonds. The Hall–Kier alpha value is -2.73. The predicted octanol–water partition coefficient (Wildman–Crippen LogP) is 4.24. The van der Waals surface area contributed by atoms with Gasteiger partial charge in [0.1, 0.15) is 0 Å². The fraction of sp³-hybridized carbons (Fsp3) is 0.250. The van der Waals surface area contributed by atoms with E-state index in [1.807, 2.05) is 30.6 Å². The average molecular weight is 365 g/mol. The number of carbonyl (C=O) groups excluding carboxylic acids is 2. The van der Waals surface area contributed by atoms with E-state index < -0.39 is 0 Å². The smallest absolute Gasteiger partial charge is 0.265 e. The Morgan fingerprint density at radius 3 is 2.62 bits per heavy atom. The van der Waals surface area contributed by atoms with E-state index in [2.05, 4.69) is 31.2 Å². The van der Waals surface area contributed by atoms with Crippen LogP contribution in [0.25, 0.3) is 11.3 Å². The van der Waals surface area contributed by atoms with Crippen LogP contribution >= 0.6 is 11.3 Å². The van der Waals surface area contributed by atoms with E-state index in [1.54, 1.807) is 16.8 Å². The number of thiophene rings is 1. The highest BCUT2D eigenvalue weighted by atomic mass is 32.1. The number of aromatic nitrogens is 2. The number of benzene rings is 1. The van der Waals surface area contributed by atoms with E-state index in [1.165, 1.54) is 11.3 Å². The molecular formula is C20H19N3O2S. The van der Waals surface area contributed by atoms with Crippen LogP contribution < -0.4 is 5.32 Å². The molecule has 1 aliphatic carbocycles. The van der Waals surface area contributed by atoms with Crippen molar-refractivity contribution in [2.45, 2.75) is 26.2 Å². The van der Waals surface area contributed by atoms with Crippen molar-refractivity contribution >= 4 is 28.7 Å². The number of carbonyl (C=O) groups is 2. The second-order valence-corrected chi connectivity index (χ2v) is 8.41. The van der Waals surface area contributed by atoms with Crippen LogP contribution in [-0.4, -0.2) is 21.5 Å². The third kappa shape index (κ3) is 2.49. The van der Waals surface area contributed by atoms with Crippen LogP contribution in [0.5, 0.6) is 0 Å². The molecule has 2 heterocycles. The highest BCUT2D eigenvalue weighted by molar-refractivity contribution is 7.12. The summed E-state index contributed by atoms with van der Waals surface area (Å²) in [5, 5.41) is 9.31. The summed E-state index contributed by atoms with van der Waals surface area (Å²) < 4.78 is 1.78. The number of rotatable bonds is 2. The van der Waals surface area contributed by atoms with Gasteiger partial charge in [0.2, 0.25) is 0 Å². The SMILES string of the molecule is Cn1nc(C(C)(C)C)c2c1-c1ccc(NC(=O)c3cccs3)cc1C2=O. The van der Waals surface area contributed by atoms with E-state index in [0.29, 0.717) is 21.7 Å². The molecule has 4 rings (SSSR count). The lowest BCUT2D eigenvalue weighted by atomic mass is 9.88. The van der Waals surface area contributed by atoms with Crippen molar-refractivity contribution in [1.82, 2.24) is 9.78 Å². The summed E-state index contributed by atoms with van der Waals surface area (Å²) in [6.07, 6.45) is 0. The number of amides is 1. The molecule has 0 fully saturated rings. The molecule has 5 nitrogen and oxygen atoms in total. The molecule has 0 atom stereocenters. The van der Waals surface area contributed by atoms with Crippen LogP contribution in [0.4, 0.5) is 5.69 Å². The van der Waals surface area contributed by atoms with Gasteiger partial charge in [-0.15, -0.1) is 11.3 Å². The Morgan fingerprint density at radius 2 is 1.96 bits per heavy atom. The molecule has 1 N–H and O–H groups in total. The minimum atomic E-state index is -0.223. The summed E-state index contributed by atoms with van der Waals surface area (Å²) in [5.74, 6) is -0.194. The van der Waals surface area contributed by atoms with Gasteiger partial charge in [-0.1, -0.05) is 26.8 Å². The highest BCUT2D eigenvalue weighted by Crippen LogP contribution is 2.42. The van der Waals surface area contributed by atoms with Crippen LogP contribution in [0.1, 0.15) is 52.1 Å². The van der Waals surface area contributed by atoms with Gasteiger partial charge in [-0.2, -0.15) is 5.10 Å². The molecule has 0 aliphatic heterocycles. The Morgan fingerprint density at radius 1 is 1.19 bits per heavy atom. The topological polar surface area (TPSA) is 64.0 Å². The number of ketones is 1. The lowest BCUT2D eigenvalue weighted by Crippen LogP contribution is -2.16. The fourth-order valence-corrected chi connectivity index (χ4v) is 3.94. The van der Waals surface area contributed by atoms with E-state index in [0.717, 1.165) is 17.0 Å². The number of nitrogens with zero attached hydrogens (tertiary/aromatic N) is 2. The van der Waals surface area contributed by atoms with Gasteiger partial charge in [-0.05, 0) is 29.6 Å². The monoisotopic (exact) mass is 365 g/mol. The Bertz CT molecular complexity index is 1040. The van der Waals surface area contributed by atoms with Crippen molar-refractivity contribution in [1.29, 1.82) is 0 Å². The first-order valence-corrected chi connectivity index (χ1v) is 9.27. The third-order valence-corrected chi connectivity index (χ3v) is 5.38. The Balaban J connectivity index is 1.74. The number of anilines is 1. The summed E-state index contributed by atoms with van der Waals surface area (Å²) in [6, 6.07) is 9.09. The number of nitrogens with one attached hydrogen (secondary N) is 1. The molecular weight excluding hydrogens is 346 g/mol. The third-order valence-electron chi connectivity index (χ3n) is 4.51. The number of hydrogen-bond donors (Lipinski definition) is 1. The lowest BCUT2D eigenvalue weighted by Gasteiger charge is -2.16. The van der Waals surface area contributed by atoms with Crippen LogP contribution in [0.2, 0.25) is 0 Å². The summed E-state index contributed by atoms with van der Waals surface area (Å²) >= 11 is 1.38. The maximum Gasteiger partial charge on any atom is 0.265 e. The molecule has 0 bridgehead atoms. The normalized spacial score (nSPS) is 12.8. The molecule has 0 spiro atoms. The summed E-state index contributed by atoms with van der Waals surface area (Å²) in [4.78, 5) is 26.0. The average Bonchev–Trinajstić information content (AvgIpc) is 3.26. The zero-order valence-corrected chi connectivity index (χ0v) is 15.9. The van der Waals surface area contributed by atoms with Gasteiger partial charge in [-0.25, -0.2) is 0 Å². The van der Waals surface area contributed by atoms with Gasteiger partial charge < -0.3 is 5.32 Å². The quantitative estimate of drug-likeness (QED) is 0.578. The molecule has 6 heteroatoms. The molecule has 26 heavy (non-hydrogen) atoms. The molecule has 132 valence electrons. The summed E-state index contributed by atoms with van der Waals surface area (Å²) in [6.45, 7) is 6.16. The van der Waals surface area contributed by atoms with Crippen LogP contribution in [0.3, 0.4) is 0 Å². The van der Waals surface area contributed by atoms with Gasteiger partial charge in [0.05, 0.1) is 21.8 Å². The zero-order chi connectivity index (χ0) is 18.6. The minimum Gasteiger partial charge on any atom is -0.321 e. The summed E-state index contributed by atoms with van der Waals surface area (Å²) in [7, 11) is 1.86. The van der Waals surface area contributed by atoms with Crippen molar-refractivity contribution in [3.63, 3.8) is 0 Å². The van der Waals surface area contributed by atoms with Gasteiger partial charge in [0.15, 0.2) is 5.78 Å². The first-order valence-electron chi connectivity index (χ1n) is 8.39. The van der Waals surface area contributed by atoms with Gasteiger partial charge in [0, 0.05) is 29.3 Å². The molecule has 0 radical (unpaired) electrons. The maximum absolute atomic E-state index is 13.1. The fourth-order valence-electron chi connectivity index (χ4n) is 3.32. The van der Waals surface area contributed by atoms with Crippen molar-refractivity contribution in [3.05, 3.63) is 57.4 Å². The number of hydrogen-bond acceptors (Lipinski definition) is 4. The van der Waals surface area contributed by atoms with Crippen molar-refractivity contribution in [3.8, 4) is 11.3 Å².